The lowest BCUT2D eigenvalue weighted by atomic mass is 10.0. The summed E-state index contributed by atoms with van der Waals surface area (Å²) in [5.41, 5.74) is 0.759. The number of amides is 1. The summed E-state index contributed by atoms with van der Waals surface area (Å²) in [7, 11) is 0. The Labute approximate surface area is 105 Å². The lowest BCUT2D eigenvalue weighted by Gasteiger charge is -2.09. The van der Waals surface area contributed by atoms with Gasteiger partial charge in [-0.05, 0) is 37.6 Å². The summed E-state index contributed by atoms with van der Waals surface area (Å²) in [6, 6.07) is 5.44. The van der Waals surface area contributed by atoms with Gasteiger partial charge in [-0.3, -0.25) is 4.79 Å². The number of carbonyl (C=O) groups is 1. The van der Waals surface area contributed by atoms with Crippen molar-refractivity contribution in [3.05, 3.63) is 18.2 Å². The van der Waals surface area contributed by atoms with Crippen molar-refractivity contribution in [3.63, 3.8) is 0 Å². The van der Waals surface area contributed by atoms with Gasteiger partial charge in [0.05, 0.1) is 0 Å². The smallest absolute Gasteiger partial charge is 0.231 e. The molecule has 5 nitrogen and oxygen atoms in total. The molecule has 5 heteroatoms. The molecule has 1 saturated heterocycles. The highest BCUT2D eigenvalue weighted by Gasteiger charge is 2.19. The molecule has 2 N–H and O–H groups in total. The van der Waals surface area contributed by atoms with Gasteiger partial charge in [-0.25, -0.2) is 0 Å². The number of anilines is 1. The van der Waals surface area contributed by atoms with Gasteiger partial charge in [0.25, 0.3) is 0 Å². The lowest BCUT2D eigenvalue weighted by Crippen LogP contribution is -2.18. The van der Waals surface area contributed by atoms with Gasteiger partial charge in [0.2, 0.25) is 12.7 Å². The standard InChI is InChI=1S/C13H16N2O3/c16-13(5-9-3-4-14-7-9)15-10-1-2-11-12(6-10)18-8-17-11/h1-2,6,9,14H,3-5,7-8H2,(H,15,16). The van der Waals surface area contributed by atoms with Gasteiger partial charge in [-0.15, -0.1) is 0 Å². The molecule has 3 rings (SSSR count). The maximum Gasteiger partial charge on any atom is 0.231 e. The van der Waals surface area contributed by atoms with Crippen molar-refractivity contribution >= 4 is 11.6 Å². The third-order valence-corrected chi connectivity index (χ3v) is 3.29. The van der Waals surface area contributed by atoms with Crippen molar-refractivity contribution in [1.29, 1.82) is 0 Å². The van der Waals surface area contributed by atoms with E-state index in [-0.39, 0.29) is 12.7 Å². The highest BCUT2D eigenvalue weighted by molar-refractivity contribution is 5.91. The van der Waals surface area contributed by atoms with Crippen LogP contribution in [0.2, 0.25) is 0 Å². The molecule has 96 valence electrons. The van der Waals surface area contributed by atoms with Crippen molar-refractivity contribution in [2.45, 2.75) is 12.8 Å². The number of benzene rings is 1. The highest BCUT2D eigenvalue weighted by atomic mass is 16.7. The van der Waals surface area contributed by atoms with Gasteiger partial charge in [0, 0.05) is 18.2 Å². The van der Waals surface area contributed by atoms with E-state index in [2.05, 4.69) is 10.6 Å². The predicted molar refractivity (Wildman–Crippen MR) is 66.8 cm³/mol. The molecule has 0 aromatic heterocycles. The number of carbonyl (C=O) groups excluding carboxylic acids is 1. The molecule has 1 unspecified atom stereocenters. The van der Waals surface area contributed by atoms with Crippen molar-refractivity contribution in [2.24, 2.45) is 5.92 Å². The fraction of sp³-hybridized carbons (Fsp3) is 0.462. The number of ether oxygens (including phenoxy) is 2. The quantitative estimate of drug-likeness (QED) is 0.847. The first-order chi connectivity index (χ1) is 8.81. The molecule has 2 aliphatic heterocycles. The molecule has 2 heterocycles. The van der Waals surface area contributed by atoms with E-state index in [9.17, 15) is 4.79 Å². The van der Waals surface area contributed by atoms with Crippen LogP contribution in [-0.4, -0.2) is 25.8 Å². The summed E-state index contributed by atoms with van der Waals surface area (Å²) in [6.07, 6.45) is 1.65. The molecule has 0 aliphatic carbocycles. The second-order valence-electron chi connectivity index (χ2n) is 4.68. The summed E-state index contributed by atoms with van der Waals surface area (Å²) in [5.74, 6) is 1.94. The van der Waals surface area contributed by atoms with E-state index in [4.69, 9.17) is 9.47 Å². The Morgan fingerprint density at radius 2 is 2.28 bits per heavy atom. The van der Waals surface area contributed by atoms with E-state index in [1.54, 1.807) is 6.07 Å². The van der Waals surface area contributed by atoms with E-state index in [1.165, 1.54) is 0 Å². The van der Waals surface area contributed by atoms with Crippen LogP contribution in [0.25, 0.3) is 0 Å². The fourth-order valence-electron chi connectivity index (χ4n) is 2.34. The fourth-order valence-corrected chi connectivity index (χ4v) is 2.34. The SMILES string of the molecule is O=C(CC1CCNC1)Nc1ccc2c(c1)OCO2. The van der Waals surface area contributed by atoms with Crippen LogP contribution in [0.4, 0.5) is 5.69 Å². The van der Waals surface area contributed by atoms with Gasteiger partial charge in [-0.1, -0.05) is 0 Å². The van der Waals surface area contributed by atoms with E-state index in [0.29, 0.717) is 18.1 Å². The molecule has 1 amide bonds. The molecule has 1 atom stereocenters. The average molecular weight is 248 g/mol. The number of hydrogen-bond donors (Lipinski definition) is 2. The minimum absolute atomic E-state index is 0.0579. The first-order valence-corrected chi connectivity index (χ1v) is 6.21. The monoisotopic (exact) mass is 248 g/mol. The Kier molecular flexibility index (Phi) is 3.06. The predicted octanol–water partition coefficient (Wildman–Crippen LogP) is 1.35. The molecular formula is C13H16N2O3. The van der Waals surface area contributed by atoms with Crippen LogP contribution in [0.5, 0.6) is 11.5 Å². The Bertz CT molecular complexity index is 456. The van der Waals surface area contributed by atoms with Crippen LogP contribution in [0.1, 0.15) is 12.8 Å². The molecular weight excluding hydrogens is 232 g/mol. The first-order valence-electron chi connectivity index (χ1n) is 6.21. The van der Waals surface area contributed by atoms with Crippen LogP contribution in [-0.2, 0) is 4.79 Å². The molecule has 1 aromatic rings. The largest absolute Gasteiger partial charge is 0.454 e. The van der Waals surface area contributed by atoms with Crippen molar-refractivity contribution in [1.82, 2.24) is 5.32 Å². The van der Waals surface area contributed by atoms with Crippen LogP contribution < -0.4 is 20.1 Å². The Balaban J connectivity index is 1.60. The van der Waals surface area contributed by atoms with Gasteiger partial charge in [-0.2, -0.15) is 0 Å². The highest BCUT2D eigenvalue weighted by Crippen LogP contribution is 2.34. The van der Waals surface area contributed by atoms with E-state index in [1.807, 2.05) is 12.1 Å². The summed E-state index contributed by atoms with van der Waals surface area (Å²) >= 11 is 0. The summed E-state index contributed by atoms with van der Waals surface area (Å²) in [6.45, 7) is 2.21. The van der Waals surface area contributed by atoms with Crippen molar-refractivity contribution in [3.8, 4) is 11.5 Å². The van der Waals surface area contributed by atoms with Crippen molar-refractivity contribution in [2.75, 3.05) is 25.2 Å². The summed E-state index contributed by atoms with van der Waals surface area (Å²) in [4.78, 5) is 11.9. The van der Waals surface area contributed by atoms with Crippen LogP contribution in [0.3, 0.4) is 0 Å². The van der Waals surface area contributed by atoms with Gasteiger partial charge < -0.3 is 20.1 Å². The Morgan fingerprint density at radius 1 is 1.39 bits per heavy atom. The van der Waals surface area contributed by atoms with Gasteiger partial charge in [0.15, 0.2) is 11.5 Å². The van der Waals surface area contributed by atoms with E-state index in [0.717, 1.165) is 30.9 Å². The molecule has 0 saturated carbocycles. The van der Waals surface area contributed by atoms with Crippen molar-refractivity contribution < 1.29 is 14.3 Å². The lowest BCUT2D eigenvalue weighted by molar-refractivity contribution is -0.116. The topological polar surface area (TPSA) is 59.6 Å². The van der Waals surface area contributed by atoms with E-state index < -0.39 is 0 Å². The number of fused-ring (bicyclic) bond motifs is 1. The summed E-state index contributed by atoms with van der Waals surface area (Å²) < 4.78 is 10.5. The zero-order valence-corrected chi connectivity index (χ0v) is 10.1. The second-order valence-corrected chi connectivity index (χ2v) is 4.68. The molecule has 0 bridgehead atoms. The van der Waals surface area contributed by atoms with Crippen LogP contribution in [0, 0.1) is 5.92 Å². The number of rotatable bonds is 3. The normalized spacial score (nSPS) is 21.0. The molecule has 18 heavy (non-hydrogen) atoms. The first kappa shape index (κ1) is 11.3. The van der Waals surface area contributed by atoms with Crippen LogP contribution >= 0.6 is 0 Å². The third-order valence-electron chi connectivity index (χ3n) is 3.29. The van der Waals surface area contributed by atoms with Gasteiger partial charge >= 0.3 is 0 Å². The molecule has 2 aliphatic rings. The maximum atomic E-state index is 11.9. The summed E-state index contributed by atoms with van der Waals surface area (Å²) in [5, 5.41) is 6.16. The second kappa shape index (κ2) is 4.86. The molecule has 0 spiro atoms. The molecule has 0 radical (unpaired) electrons. The minimum Gasteiger partial charge on any atom is -0.454 e. The number of hydrogen-bond acceptors (Lipinski definition) is 4. The molecule has 1 aromatic carbocycles. The zero-order valence-electron chi connectivity index (χ0n) is 10.1. The molecule has 1 fully saturated rings. The Morgan fingerprint density at radius 3 is 3.11 bits per heavy atom. The minimum atomic E-state index is 0.0579. The van der Waals surface area contributed by atoms with Crippen LogP contribution in [0.15, 0.2) is 18.2 Å². The number of nitrogens with one attached hydrogen (secondary N) is 2. The van der Waals surface area contributed by atoms with Gasteiger partial charge in [0.1, 0.15) is 0 Å². The van der Waals surface area contributed by atoms with E-state index >= 15 is 0 Å². The third kappa shape index (κ3) is 2.41. The zero-order chi connectivity index (χ0) is 12.4. The Hall–Kier alpha value is -1.75. The average Bonchev–Trinajstić information content (AvgIpc) is 2.98. The maximum absolute atomic E-state index is 11.9.